The predicted molar refractivity (Wildman–Crippen MR) is 72.4 cm³/mol. The second kappa shape index (κ2) is 5.96. The fourth-order valence-electron chi connectivity index (χ4n) is 1.54. The molecule has 0 radical (unpaired) electrons. The zero-order chi connectivity index (χ0) is 14.7. The standard InChI is InChI=1S/C13H12F2N2O2S/c1-3-19-12(18)11-7(2)16-13(20-11)17-10-5-4-8(14)6-9(10)15/h4-6H,3H2,1-2H3,(H,16,17). The third-order valence-electron chi connectivity index (χ3n) is 2.43. The van der Waals surface area contributed by atoms with Crippen molar-refractivity contribution in [3.8, 4) is 0 Å². The number of thiazole rings is 1. The van der Waals surface area contributed by atoms with E-state index in [-0.39, 0.29) is 12.3 Å². The minimum absolute atomic E-state index is 0.0931. The number of hydrogen-bond acceptors (Lipinski definition) is 5. The molecule has 0 fully saturated rings. The smallest absolute Gasteiger partial charge is 0.350 e. The maximum absolute atomic E-state index is 13.5. The van der Waals surface area contributed by atoms with E-state index in [1.54, 1.807) is 13.8 Å². The molecule has 1 N–H and O–H groups in total. The van der Waals surface area contributed by atoms with Crippen molar-refractivity contribution in [1.82, 2.24) is 4.98 Å². The Balaban J connectivity index is 2.22. The normalized spacial score (nSPS) is 10.4. The van der Waals surface area contributed by atoms with Crippen molar-refractivity contribution in [1.29, 1.82) is 0 Å². The molecule has 0 bridgehead atoms. The van der Waals surface area contributed by atoms with Crippen LogP contribution in [0.2, 0.25) is 0 Å². The Morgan fingerprint density at radius 3 is 2.85 bits per heavy atom. The van der Waals surface area contributed by atoms with Gasteiger partial charge in [-0.25, -0.2) is 18.6 Å². The van der Waals surface area contributed by atoms with Crippen molar-refractivity contribution in [2.24, 2.45) is 0 Å². The molecule has 7 heteroatoms. The summed E-state index contributed by atoms with van der Waals surface area (Å²) in [5.74, 6) is -1.85. The average molecular weight is 298 g/mol. The number of carbonyl (C=O) groups excluding carboxylic acids is 1. The van der Waals surface area contributed by atoms with Crippen LogP contribution in [0.15, 0.2) is 18.2 Å². The molecule has 1 aromatic carbocycles. The van der Waals surface area contributed by atoms with Gasteiger partial charge >= 0.3 is 5.97 Å². The Hall–Kier alpha value is -2.02. The Kier molecular flexibility index (Phi) is 4.29. The van der Waals surface area contributed by atoms with Gasteiger partial charge in [0.25, 0.3) is 0 Å². The maximum atomic E-state index is 13.5. The van der Waals surface area contributed by atoms with E-state index in [0.29, 0.717) is 15.7 Å². The third kappa shape index (κ3) is 3.11. The number of rotatable bonds is 4. The zero-order valence-electron chi connectivity index (χ0n) is 10.9. The number of aromatic nitrogens is 1. The first-order valence-corrected chi connectivity index (χ1v) is 6.69. The van der Waals surface area contributed by atoms with Gasteiger partial charge in [-0.2, -0.15) is 0 Å². The molecule has 0 aliphatic carbocycles. The molecule has 0 saturated carbocycles. The molecule has 0 spiro atoms. The van der Waals surface area contributed by atoms with Gasteiger partial charge < -0.3 is 10.1 Å². The lowest BCUT2D eigenvalue weighted by atomic mass is 10.3. The van der Waals surface area contributed by atoms with Crippen LogP contribution in [0, 0.1) is 18.6 Å². The third-order valence-corrected chi connectivity index (χ3v) is 3.48. The van der Waals surface area contributed by atoms with Crippen LogP contribution in [0.1, 0.15) is 22.3 Å². The summed E-state index contributed by atoms with van der Waals surface area (Å²) in [7, 11) is 0. The highest BCUT2D eigenvalue weighted by Crippen LogP contribution is 2.27. The number of hydrogen-bond donors (Lipinski definition) is 1. The highest BCUT2D eigenvalue weighted by atomic mass is 32.1. The largest absolute Gasteiger partial charge is 0.462 e. The Morgan fingerprint density at radius 1 is 1.45 bits per heavy atom. The summed E-state index contributed by atoms with van der Waals surface area (Å²) < 4.78 is 31.2. The molecule has 0 aliphatic heterocycles. The lowest BCUT2D eigenvalue weighted by molar-refractivity contribution is 0.0531. The van der Waals surface area contributed by atoms with Gasteiger partial charge in [-0.3, -0.25) is 0 Å². The number of halogens is 2. The summed E-state index contributed by atoms with van der Waals surface area (Å²) in [6.45, 7) is 3.64. The van der Waals surface area contributed by atoms with Gasteiger partial charge in [0.1, 0.15) is 16.5 Å². The van der Waals surface area contributed by atoms with Crippen LogP contribution in [0.4, 0.5) is 19.6 Å². The van der Waals surface area contributed by atoms with E-state index in [0.717, 1.165) is 23.5 Å². The number of benzene rings is 1. The molecule has 2 rings (SSSR count). The zero-order valence-corrected chi connectivity index (χ0v) is 11.7. The van der Waals surface area contributed by atoms with Gasteiger partial charge in [0.15, 0.2) is 5.13 Å². The minimum Gasteiger partial charge on any atom is -0.462 e. The number of carbonyl (C=O) groups is 1. The number of aryl methyl sites for hydroxylation is 1. The number of esters is 1. The van der Waals surface area contributed by atoms with E-state index >= 15 is 0 Å². The Labute approximate surface area is 118 Å². The molecule has 1 aromatic heterocycles. The molecule has 2 aromatic rings. The van der Waals surface area contributed by atoms with Crippen molar-refractivity contribution in [3.63, 3.8) is 0 Å². The average Bonchev–Trinajstić information content (AvgIpc) is 2.74. The van der Waals surface area contributed by atoms with Crippen LogP contribution < -0.4 is 5.32 Å². The van der Waals surface area contributed by atoms with Crippen LogP contribution in [0.25, 0.3) is 0 Å². The Bertz CT molecular complexity index is 643. The van der Waals surface area contributed by atoms with E-state index in [2.05, 4.69) is 10.3 Å². The first-order chi connectivity index (χ1) is 9.51. The van der Waals surface area contributed by atoms with Gasteiger partial charge in [0.05, 0.1) is 18.0 Å². The van der Waals surface area contributed by atoms with Crippen molar-refractivity contribution in [2.45, 2.75) is 13.8 Å². The van der Waals surface area contributed by atoms with Gasteiger partial charge in [0.2, 0.25) is 0 Å². The van der Waals surface area contributed by atoms with Crippen LogP contribution in [-0.2, 0) is 4.74 Å². The molecule has 0 aliphatic rings. The van der Waals surface area contributed by atoms with E-state index in [4.69, 9.17) is 4.74 Å². The lowest BCUT2D eigenvalue weighted by Gasteiger charge is -2.03. The first-order valence-electron chi connectivity index (χ1n) is 5.88. The predicted octanol–water partition coefficient (Wildman–Crippen LogP) is 3.65. The number of anilines is 2. The summed E-state index contributed by atoms with van der Waals surface area (Å²) in [4.78, 5) is 16.1. The van der Waals surface area contributed by atoms with Crippen LogP contribution >= 0.6 is 11.3 Å². The van der Waals surface area contributed by atoms with Crippen molar-refractivity contribution in [2.75, 3.05) is 11.9 Å². The SMILES string of the molecule is CCOC(=O)c1sc(Nc2ccc(F)cc2F)nc1C. The van der Waals surface area contributed by atoms with Gasteiger partial charge in [0, 0.05) is 6.07 Å². The molecular formula is C13H12F2N2O2S. The first kappa shape index (κ1) is 14.4. The van der Waals surface area contributed by atoms with Gasteiger partial charge in [-0.05, 0) is 26.0 Å². The fraction of sp³-hybridized carbons (Fsp3) is 0.231. The molecule has 0 amide bonds. The molecule has 106 valence electrons. The highest BCUT2D eigenvalue weighted by molar-refractivity contribution is 7.17. The van der Waals surface area contributed by atoms with Crippen molar-refractivity contribution in [3.05, 3.63) is 40.4 Å². The molecule has 4 nitrogen and oxygen atoms in total. The monoisotopic (exact) mass is 298 g/mol. The van der Waals surface area contributed by atoms with Crippen molar-refractivity contribution < 1.29 is 18.3 Å². The van der Waals surface area contributed by atoms with Crippen molar-refractivity contribution >= 4 is 28.1 Å². The quantitative estimate of drug-likeness (QED) is 0.875. The fourth-order valence-corrected chi connectivity index (χ4v) is 2.41. The van der Waals surface area contributed by atoms with Gasteiger partial charge in [-0.1, -0.05) is 11.3 Å². The maximum Gasteiger partial charge on any atom is 0.350 e. The number of nitrogens with zero attached hydrogens (tertiary/aromatic N) is 1. The molecule has 20 heavy (non-hydrogen) atoms. The van der Waals surface area contributed by atoms with Crippen LogP contribution in [-0.4, -0.2) is 17.6 Å². The molecule has 1 heterocycles. The number of ether oxygens (including phenoxy) is 1. The molecule has 0 atom stereocenters. The van der Waals surface area contributed by atoms with Crippen LogP contribution in [0.3, 0.4) is 0 Å². The summed E-state index contributed by atoms with van der Waals surface area (Å²) in [6.07, 6.45) is 0. The van der Waals surface area contributed by atoms with E-state index in [1.165, 1.54) is 6.07 Å². The second-order valence-electron chi connectivity index (χ2n) is 3.90. The molecule has 0 saturated heterocycles. The summed E-state index contributed by atoms with van der Waals surface area (Å²) in [5.41, 5.74) is 0.592. The molecular weight excluding hydrogens is 286 g/mol. The van der Waals surface area contributed by atoms with E-state index in [1.807, 2.05) is 0 Å². The van der Waals surface area contributed by atoms with Crippen LogP contribution in [0.5, 0.6) is 0 Å². The van der Waals surface area contributed by atoms with E-state index < -0.39 is 17.6 Å². The lowest BCUT2D eigenvalue weighted by Crippen LogP contribution is -2.03. The topological polar surface area (TPSA) is 51.2 Å². The molecule has 0 unspecified atom stereocenters. The summed E-state index contributed by atoms with van der Waals surface area (Å²) in [5, 5.41) is 3.06. The van der Waals surface area contributed by atoms with E-state index in [9.17, 15) is 13.6 Å². The number of nitrogens with one attached hydrogen (secondary N) is 1. The summed E-state index contributed by atoms with van der Waals surface area (Å²) in [6, 6.07) is 3.18. The Morgan fingerprint density at radius 2 is 2.20 bits per heavy atom. The highest BCUT2D eigenvalue weighted by Gasteiger charge is 2.17. The second-order valence-corrected chi connectivity index (χ2v) is 4.90. The summed E-state index contributed by atoms with van der Waals surface area (Å²) >= 11 is 1.06. The minimum atomic E-state index is -0.726. The van der Waals surface area contributed by atoms with Gasteiger partial charge in [-0.15, -0.1) is 0 Å².